The fraction of sp³-hybridized carbons (Fsp3) is 0.600. The van der Waals surface area contributed by atoms with Crippen LogP contribution in [0, 0.1) is 13.8 Å². The van der Waals surface area contributed by atoms with Crippen LogP contribution in [0.5, 0.6) is 5.75 Å². The topological polar surface area (TPSA) is 47.7 Å². The van der Waals surface area contributed by atoms with Crippen LogP contribution in [-0.2, 0) is 4.74 Å². The van der Waals surface area contributed by atoms with Gasteiger partial charge in [-0.2, -0.15) is 0 Å². The van der Waals surface area contributed by atoms with Gasteiger partial charge < -0.3 is 15.2 Å². The van der Waals surface area contributed by atoms with E-state index in [1.807, 2.05) is 0 Å². The first-order chi connectivity index (χ1) is 9.11. The minimum atomic E-state index is 0.0442. The summed E-state index contributed by atoms with van der Waals surface area (Å²) in [5.74, 6) is 0.930. The van der Waals surface area contributed by atoms with Crippen LogP contribution in [0.4, 0.5) is 0 Å². The van der Waals surface area contributed by atoms with Gasteiger partial charge in [-0.3, -0.25) is 4.90 Å². The van der Waals surface area contributed by atoms with Crippen molar-refractivity contribution in [2.75, 3.05) is 40.0 Å². The number of hydrogen-bond acceptors (Lipinski definition) is 4. The van der Waals surface area contributed by atoms with Gasteiger partial charge in [0, 0.05) is 25.7 Å². The standard InChI is InChI=1S/C15H24N2O2/c1-11-9-15(18-3)12(2)8-13(11)14(16)10-17-4-6-19-7-5-17/h8-9,14H,4-7,10,16H2,1-3H3. The fourth-order valence-corrected chi connectivity index (χ4v) is 2.59. The van der Waals surface area contributed by atoms with Crippen LogP contribution in [-0.4, -0.2) is 44.9 Å². The third-order valence-electron chi connectivity index (χ3n) is 3.74. The van der Waals surface area contributed by atoms with Gasteiger partial charge in [-0.05, 0) is 36.6 Å². The molecule has 1 aliphatic heterocycles. The van der Waals surface area contributed by atoms with Crippen LogP contribution in [0.2, 0.25) is 0 Å². The number of nitrogens with two attached hydrogens (primary N) is 1. The van der Waals surface area contributed by atoms with E-state index in [1.54, 1.807) is 7.11 Å². The number of aryl methyl sites for hydroxylation is 2. The summed E-state index contributed by atoms with van der Waals surface area (Å²) in [7, 11) is 1.70. The van der Waals surface area contributed by atoms with Crippen LogP contribution >= 0.6 is 0 Å². The molecule has 0 aliphatic carbocycles. The van der Waals surface area contributed by atoms with Gasteiger partial charge in [0.15, 0.2) is 0 Å². The van der Waals surface area contributed by atoms with Crippen molar-refractivity contribution in [2.45, 2.75) is 19.9 Å². The lowest BCUT2D eigenvalue weighted by atomic mass is 9.98. The van der Waals surface area contributed by atoms with Gasteiger partial charge in [0.25, 0.3) is 0 Å². The number of morpholine rings is 1. The molecule has 0 aromatic heterocycles. The molecule has 0 bridgehead atoms. The highest BCUT2D eigenvalue weighted by atomic mass is 16.5. The van der Waals surface area contributed by atoms with Gasteiger partial charge in [0.1, 0.15) is 5.75 Å². The van der Waals surface area contributed by atoms with Gasteiger partial charge >= 0.3 is 0 Å². The van der Waals surface area contributed by atoms with E-state index in [1.165, 1.54) is 11.1 Å². The highest BCUT2D eigenvalue weighted by Gasteiger charge is 2.17. The molecular formula is C15H24N2O2. The Morgan fingerprint density at radius 2 is 1.95 bits per heavy atom. The molecule has 1 fully saturated rings. The average Bonchev–Trinajstić information content (AvgIpc) is 2.42. The second kappa shape index (κ2) is 6.37. The van der Waals surface area contributed by atoms with E-state index in [-0.39, 0.29) is 6.04 Å². The minimum Gasteiger partial charge on any atom is -0.496 e. The molecule has 1 aromatic rings. The first-order valence-corrected chi connectivity index (χ1v) is 6.82. The monoisotopic (exact) mass is 264 g/mol. The smallest absolute Gasteiger partial charge is 0.122 e. The number of rotatable bonds is 4. The van der Waals surface area contributed by atoms with E-state index >= 15 is 0 Å². The summed E-state index contributed by atoms with van der Waals surface area (Å²) in [4.78, 5) is 2.37. The summed E-state index contributed by atoms with van der Waals surface area (Å²) in [6.07, 6.45) is 0. The number of hydrogen-bond donors (Lipinski definition) is 1. The van der Waals surface area contributed by atoms with Crippen LogP contribution in [0.15, 0.2) is 12.1 Å². The van der Waals surface area contributed by atoms with E-state index in [4.69, 9.17) is 15.2 Å². The molecule has 1 unspecified atom stereocenters. The SMILES string of the molecule is COc1cc(C)c(C(N)CN2CCOCC2)cc1C. The number of nitrogens with zero attached hydrogens (tertiary/aromatic N) is 1. The zero-order valence-electron chi connectivity index (χ0n) is 12.1. The van der Waals surface area contributed by atoms with Crippen molar-refractivity contribution in [1.82, 2.24) is 4.90 Å². The van der Waals surface area contributed by atoms with Crippen LogP contribution in [0.3, 0.4) is 0 Å². The normalized spacial score (nSPS) is 18.3. The zero-order valence-corrected chi connectivity index (χ0v) is 12.1. The van der Waals surface area contributed by atoms with Gasteiger partial charge in [0.2, 0.25) is 0 Å². The van der Waals surface area contributed by atoms with E-state index in [9.17, 15) is 0 Å². The predicted molar refractivity (Wildman–Crippen MR) is 76.7 cm³/mol. The molecule has 4 nitrogen and oxygen atoms in total. The number of methoxy groups -OCH3 is 1. The maximum atomic E-state index is 6.36. The Morgan fingerprint density at radius 3 is 2.58 bits per heavy atom. The summed E-state index contributed by atoms with van der Waals surface area (Å²) in [5, 5.41) is 0. The molecule has 2 rings (SSSR count). The Bertz CT molecular complexity index is 428. The first kappa shape index (κ1) is 14.3. The molecule has 0 spiro atoms. The molecular weight excluding hydrogens is 240 g/mol. The second-order valence-corrected chi connectivity index (χ2v) is 5.20. The van der Waals surface area contributed by atoms with Gasteiger partial charge in [-0.1, -0.05) is 6.07 Å². The molecule has 0 saturated carbocycles. The van der Waals surface area contributed by atoms with E-state index in [0.29, 0.717) is 0 Å². The molecule has 0 radical (unpaired) electrons. The largest absolute Gasteiger partial charge is 0.496 e. The molecule has 1 atom stereocenters. The fourth-order valence-electron chi connectivity index (χ4n) is 2.59. The van der Waals surface area contributed by atoms with Crippen LogP contribution in [0.1, 0.15) is 22.7 Å². The van der Waals surface area contributed by atoms with Crippen molar-refractivity contribution in [3.05, 3.63) is 28.8 Å². The molecule has 0 amide bonds. The lowest BCUT2D eigenvalue weighted by Gasteiger charge is -2.29. The summed E-state index contributed by atoms with van der Waals surface area (Å²) in [6, 6.07) is 4.27. The predicted octanol–water partition coefficient (Wildman–Crippen LogP) is 1.64. The van der Waals surface area contributed by atoms with Gasteiger partial charge in [0.05, 0.1) is 20.3 Å². The molecule has 1 heterocycles. The Labute approximate surface area is 115 Å². The van der Waals surface area contributed by atoms with Crippen LogP contribution in [0.25, 0.3) is 0 Å². The van der Waals surface area contributed by atoms with E-state index in [2.05, 4.69) is 30.9 Å². The third-order valence-corrected chi connectivity index (χ3v) is 3.74. The Hall–Kier alpha value is -1.10. The first-order valence-electron chi connectivity index (χ1n) is 6.82. The second-order valence-electron chi connectivity index (χ2n) is 5.20. The third kappa shape index (κ3) is 3.47. The number of benzene rings is 1. The van der Waals surface area contributed by atoms with E-state index in [0.717, 1.165) is 44.2 Å². The Kier molecular flexibility index (Phi) is 4.80. The van der Waals surface area contributed by atoms with Crippen molar-refractivity contribution < 1.29 is 9.47 Å². The minimum absolute atomic E-state index is 0.0442. The van der Waals surface area contributed by atoms with Gasteiger partial charge in [-0.15, -0.1) is 0 Å². The summed E-state index contributed by atoms with van der Waals surface area (Å²) in [6.45, 7) is 8.61. The Morgan fingerprint density at radius 1 is 1.26 bits per heavy atom. The zero-order chi connectivity index (χ0) is 13.8. The molecule has 1 aromatic carbocycles. The maximum absolute atomic E-state index is 6.36. The molecule has 4 heteroatoms. The number of ether oxygens (including phenoxy) is 2. The van der Waals surface area contributed by atoms with E-state index < -0.39 is 0 Å². The highest BCUT2D eigenvalue weighted by Crippen LogP contribution is 2.26. The summed E-state index contributed by atoms with van der Waals surface area (Å²) >= 11 is 0. The molecule has 1 aliphatic rings. The lowest BCUT2D eigenvalue weighted by molar-refractivity contribution is 0.0352. The summed E-state index contributed by atoms with van der Waals surface area (Å²) in [5.41, 5.74) is 9.91. The maximum Gasteiger partial charge on any atom is 0.122 e. The van der Waals surface area contributed by atoms with Crippen molar-refractivity contribution in [1.29, 1.82) is 0 Å². The molecule has 106 valence electrons. The highest BCUT2D eigenvalue weighted by molar-refractivity contribution is 5.42. The lowest BCUT2D eigenvalue weighted by Crippen LogP contribution is -2.40. The Balaban J connectivity index is 2.09. The molecule has 19 heavy (non-hydrogen) atoms. The van der Waals surface area contributed by atoms with Crippen molar-refractivity contribution in [3.63, 3.8) is 0 Å². The van der Waals surface area contributed by atoms with Gasteiger partial charge in [-0.25, -0.2) is 0 Å². The molecule has 2 N–H and O–H groups in total. The average molecular weight is 264 g/mol. The van der Waals surface area contributed by atoms with Crippen molar-refractivity contribution in [2.24, 2.45) is 5.73 Å². The van der Waals surface area contributed by atoms with Crippen molar-refractivity contribution in [3.8, 4) is 5.75 Å². The molecule has 1 saturated heterocycles. The van der Waals surface area contributed by atoms with Crippen molar-refractivity contribution >= 4 is 0 Å². The van der Waals surface area contributed by atoms with Crippen LogP contribution < -0.4 is 10.5 Å². The quantitative estimate of drug-likeness (QED) is 0.898. The summed E-state index contributed by atoms with van der Waals surface area (Å²) < 4.78 is 10.7.